The Morgan fingerprint density at radius 2 is 2.00 bits per heavy atom. The summed E-state index contributed by atoms with van der Waals surface area (Å²) in [6.45, 7) is 5.26. The molecule has 0 fully saturated rings. The number of allylic oxidation sites excluding steroid dienone is 1. The molecule has 0 saturated heterocycles. The Morgan fingerprint density at radius 3 is 2.59 bits per heavy atom. The molecule has 0 aliphatic carbocycles. The van der Waals surface area contributed by atoms with Crippen LogP contribution in [-0.2, 0) is 9.59 Å². The third kappa shape index (κ3) is 3.58. The molecule has 1 aromatic carbocycles. The molecule has 0 spiro atoms. The van der Waals surface area contributed by atoms with Crippen LogP contribution in [-0.4, -0.2) is 35.2 Å². The summed E-state index contributed by atoms with van der Waals surface area (Å²) in [6, 6.07) is 6.07. The lowest BCUT2D eigenvalue weighted by atomic mass is 10.1. The van der Waals surface area contributed by atoms with Gasteiger partial charge in [0.05, 0.1) is 0 Å². The molecule has 3 unspecified atom stereocenters. The molecule has 0 aromatic heterocycles. The van der Waals surface area contributed by atoms with Crippen molar-refractivity contribution in [2.75, 3.05) is 0 Å². The predicted molar refractivity (Wildman–Crippen MR) is 79.9 cm³/mol. The maximum absolute atomic E-state index is 12.3. The van der Waals surface area contributed by atoms with E-state index in [9.17, 15) is 9.59 Å². The fourth-order valence-corrected chi connectivity index (χ4v) is 2.20. The highest BCUT2D eigenvalue weighted by Gasteiger charge is 2.35. The van der Waals surface area contributed by atoms with Gasteiger partial charge in [0.15, 0.2) is 11.5 Å². The van der Waals surface area contributed by atoms with E-state index in [0.29, 0.717) is 17.9 Å². The zero-order valence-electron chi connectivity index (χ0n) is 12.3. The molecule has 22 heavy (non-hydrogen) atoms. The number of nitrogens with one attached hydrogen (secondary N) is 1. The van der Waals surface area contributed by atoms with Gasteiger partial charge >= 0.3 is 5.97 Å². The summed E-state index contributed by atoms with van der Waals surface area (Å²) >= 11 is 0. The van der Waals surface area contributed by atoms with Crippen molar-refractivity contribution in [3.63, 3.8) is 0 Å². The molecule has 1 heterocycles. The number of ether oxygens (including phenoxy) is 2. The largest absolute Gasteiger partial charge is 0.482 e. The average Bonchev–Trinajstić information content (AvgIpc) is 2.50. The third-order valence-electron chi connectivity index (χ3n) is 3.37. The molecule has 1 aliphatic rings. The molecule has 0 saturated carbocycles. The lowest BCUT2D eigenvalue weighted by Crippen LogP contribution is -2.53. The zero-order valence-corrected chi connectivity index (χ0v) is 12.3. The van der Waals surface area contributed by atoms with E-state index >= 15 is 0 Å². The molecule has 1 amide bonds. The molecule has 1 aromatic rings. The molecule has 1 aliphatic heterocycles. The summed E-state index contributed by atoms with van der Waals surface area (Å²) < 4.78 is 11.3. The van der Waals surface area contributed by atoms with Gasteiger partial charge in [-0.1, -0.05) is 18.2 Å². The van der Waals surface area contributed by atoms with Crippen molar-refractivity contribution in [3.05, 3.63) is 36.9 Å². The molecule has 3 atom stereocenters. The Bertz CT molecular complexity index is 571. The van der Waals surface area contributed by atoms with Crippen molar-refractivity contribution in [1.82, 2.24) is 5.32 Å². The smallest absolute Gasteiger partial charge is 0.326 e. The van der Waals surface area contributed by atoms with E-state index in [1.54, 1.807) is 31.2 Å². The van der Waals surface area contributed by atoms with Gasteiger partial charge in [-0.2, -0.15) is 0 Å². The predicted octanol–water partition coefficient (Wildman–Crippen LogP) is 1.75. The number of carboxylic acids is 1. The summed E-state index contributed by atoms with van der Waals surface area (Å²) in [6.07, 6.45) is 0.992. The number of fused-ring (bicyclic) bond motifs is 1. The van der Waals surface area contributed by atoms with Crippen LogP contribution in [0.4, 0.5) is 0 Å². The molecular weight excluding hydrogens is 286 g/mol. The highest BCUT2D eigenvalue weighted by atomic mass is 16.6. The van der Waals surface area contributed by atoms with Crippen molar-refractivity contribution < 1.29 is 24.2 Å². The van der Waals surface area contributed by atoms with E-state index in [1.807, 2.05) is 6.07 Å². The van der Waals surface area contributed by atoms with Crippen LogP contribution in [0.1, 0.15) is 19.8 Å². The monoisotopic (exact) mass is 305 g/mol. The van der Waals surface area contributed by atoms with Gasteiger partial charge in [-0.3, -0.25) is 4.79 Å². The maximum atomic E-state index is 12.3. The van der Waals surface area contributed by atoms with Crippen LogP contribution < -0.4 is 14.8 Å². The fraction of sp³-hybridized carbons (Fsp3) is 0.375. The van der Waals surface area contributed by atoms with Gasteiger partial charge in [-0.25, -0.2) is 4.79 Å². The summed E-state index contributed by atoms with van der Waals surface area (Å²) in [4.78, 5) is 23.5. The maximum Gasteiger partial charge on any atom is 0.326 e. The zero-order chi connectivity index (χ0) is 16.1. The van der Waals surface area contributed by atoms with Crippen LogP contribution in [0.3, 0.4) is 0 Å². The lowest BCUT2D eigenvalue weighted by Gasteiger charge is -2.31. The highest BCUT2D eigenvalue weighted by Crippen LogP contribution is 2.33. The Labute approximate surface area is 128 Å². The summed E-state index contributed by atoms with van der Waals surface area (Å²) in [5, 5.41) is 11.6. The number of hydrogen-bond acceptors (Lipinski definition) is 4. The Hall–Kier alpha value is -2.50. The summed E-state index contributed by atoms with van der Waals surface area (Å²) in [5.74, 6) is -0.544. The standard InChI is InChI=1S/C16H19NO5/c1-3-4-7-11(16(19)20)17-15(18)14-10(2)21-12-8-5-6-9-13(12)22-14/h3,5-6,8-11,14H,1,4,7H2,2H3,(H,17,18)(H,19,20). The second-order valence-corrected chi connectivity index (χ2v) is 5.07. The topological polar surface area (TPSA) is 84.9 Å². The van der Waals surface area contributed by atoms with E-state index in [2.05, 4.69) is 11.9 Å². The van der Waals surface area contributed by atoms with Gasteiger partial charge in [0, 0.05) is 0 Å². The van der Waals surface area contributed by atoms with Crippen molar-refractivity contribution in [2.24, 2.45) is 0 Å². The minimum atomic E-state index is -1.08. The fourth-order valence-electron chi connectivity index (χ4n) is 2.20. The normalized spacial score (nSPS) is 20.8. The Balaban J connectivity index is 2.06. The SMILES string of the molecule is C=CCCC(NC(=O)C1Oc2ccccc2OC1C)C(=O)O. The first-order chi connectivity index (χ1) is 10.5. The summed E-state index contributed by atoms with van der Waals surface area (Å²) in [7, 11) is 0. The number of carbonyl (C=O) groups is 2. The van der Waals surface area contributed by atoms with Gasteiger partial charge in [0.1, 0.15) is 12.1 Å². The van der Waals surface area contributed by atoms with Crippen LogP contribution in [0.15, 0.2) is 36.9 Å². The number of amides is 1. The molecular formula is C16H19NO5. The van der Waals surface area contributed by atoms with E-state index in [0.717, 1.165) is 0 Å². The molecule has 118 valence electrons. The van der Waals surface area contributed by atoms with Crippen LogP contribution in [0.25, 0.3) is 0 Å². The second-order valence-electron chi connectivity index (χ2n) is 5.07. The number of para-hydroxylation sites is 2. The minimum absolute atomic E-state index is 0.281. The number of hydrogen-bond donors (Lipinski definition) is 2. The summed E-state index contributed by atoms with van der Waals surface area (Å²) in [5.41, 5.74) is 0. The number of carbonyl (C=O) groups excluding carboxylic acids is 1. The van der Waals surface area contributed by atoms with Crippen molar-refractivity contribution >= 4 is 11.9 Å². The second kappa shape index (κ2) is 6.98. The minimum Gasteiger partial charge on any atom is -0.482 e. The number of carboxylic acid groups (broad SMARTS) is 1. The number of aliphatic carboxylic acids is 1. The van der Waals surface area contributed by atoms with E-state index in [4.69, 9.17) is 14.6 Å². The lowest BCUT2D eigenvalue weighted by molar-refractivity contribution is -0.144. The van der Waals surface area contributed by atoms with Crippen LogP contribution in [0.2, 0.25) is 0 Å². The first-order valence-electron chi connectivity index (χ1n) is 7.09. The molecule has 6 nitrogen and oxygen atoms in total. The van der Waals surface area contributed by atoms with Crippen molar-refractivity contribution in [1.29, 1.82) is 0 Å². The quantitative estimate of drug-likeness (QED) is 0.782. The molecule has 0 bridgehead atoms. The Morgan fingerprint density at radius 1 is 1.36 bits per heavy atom. The molecule has 0 radical (unpaired) electrons. The van der Waals surface area contributed by atoms with Crippen molar-refractivity contribution in [2.45, 2.75) is 38.0 Å². The third-order valence-corrected chi connectivity index (χ3v) is 3.37. The van der Waals surface area contributed by atoms with Crippen LogP contribution in [0.5, 0.6) is 11.5 Å². The van der Waals surface area contributed by atoms with E-state index in [1.165, 1.54) is 0 Å². The van der Waals surface area contributed by atoms with Gasteiger partial charge in [0.2, 0.25) is 6.10 Å². The molecule has 2 rings (SSSR count). The first kappa shape index (κ1) is 15.9. The highest BCUT2D eigenvalue weighted by molar-refractivity contribution is 5.87. The number of benzene rings is 1. The van der Waals surface area contributed by atoms with Crippen LogP contribution in [0, 0.1) is 0 Å². The molecule has 2 N–H and O–H groups in total. The van der Waals surface area contributed by atoms with Gasteiger partial charge in [-0.05, 0) is 31.9 Å². The first-order valence-corrected chi connectivity index (χ1v) is 7.09. The number of rotatable bonds is 6. The van der Waals surface area contributed by atoms with Gasteiger partial charge in [-0.15, -0.1) is 6.58 Å². The average molecular weight is 305 g/mol. The van der Waals surface area contributed by atoms with Crippen LogP contribution >= 0.6 is 0 Å². The van der Waals surface area contributed by atoms with Crippen molar-refractivity contribution in [3.8, 4) is 11.5 Å². The van der Waals surface area contributed by atoms with E-state index < -0.39 is 30.1 Å². The van der Waals surface area contributed by atoms with E-state index in [-0.39, 0.29) is 6.42 Å². The van der Waals surface area contributed by atoms with Gasteiger partial charge in [0.25, 0.3) is 5.91 Å². The molecule has 6 heteroatoms. The Kier molecular flexibility index (Phi) is 5.04. The van der Waals surface area contributed by atoms with Gasteiger partial charge < -0.3 is 19.9 Å².